The molecular formula is C26H53NO11. The maximum absolute atomic E-state index is 5.78. The van der Waals surface area contributed by atoms with Crippen LogP contribution in [0.15, 0.2) is 0 Å². The van der Waals surface area contributed by atoms with Gasteiger partial charge in [0, 0.05) is 7.11 Å². The average Bonchev–Trinajstić information content (AvgIpc) is 2.94. The summed E-state index contributed by atoms with van der Waals surface area (Å²) in [5, 5.41) is 3.33. The Bertz CT molecular complexity index is 445. The zero-order chi connectivity index (χ0) is 27.0. The van der Waals surface area contributed by atoms with E-state index < -0.39 is 0 Å². The SMILES string of the molecule is COCCOCCOCCOCCOCCOCCOCCOCCOCCOCCOC1CCNCC1. The number of rotatable bonds is 31. The van der Waals surface area contributed by atoms with E-state index in [1.807, 2.05) is 0 Å². The predicted octanol–water partition coefficient (Wildman–Crippen LogP) is 0.551. The van der Waals surface area contributed by atoms with E-state index >= 15 is 0 Å². The average molecular weight is 556 g/mol. The summed E-state index contributed by atoms with van der Waals surface area (Å²) in [6, 6.07) is 0. The van der Waals surface area contributed by atoms with E-state index in [1.165, 1.54) is 0 Å². The Morgan fingerprint density at radius 1 is 0.395 bits per heavy atom. The maximum atomic E-state index is 5.78. The second-order valence-electron chi connectivity index (χ2n) is 8.32. The van der Waals surface area contributed by atoms with Gasteiger partial charge in [-0.05, 0) is 25.9 Å². The molecule has 0 aromatic carbocycles. The highest BCUT2D eigenvalue weighted by Crippen LogP contribution is 2.06. The molecule has 0 radical (unpaired) electrons. The molecule has 1 aliphatic rings. The molecule has 1 heterocycles. The summed E-state index contributed by atoms with van der Waals surface area (Å²) in [6.45, 7) is 13.2. The first-order valence-corrected chi connectivity index (χ1v) is 13.9. The molecule has 1 saturated heterocycles. The quantitative estimate of drug-likeness (QED) is 0.121. The molecule has 228 valence electrons. The minimum Gasteiger partial charge on any atom is -0.382 e. The van der Waals surface area contributed by atoms with Gasteiger partial charge in [0.05, 0.1) is 138 Å². The molecule has 0 aromatic rings. The van der Waals surface area contributed by atoms with Gasteiger partial charge in [0.25, 0.3) is 0 Å². The number of piperidine rings is 1. The van der Waals surface area contributed by atoms with Crippen LogP contribution in [0.4, 0.5) is 0 Å². The summed E-state index contributed by atoms with van der Waals surface area (Å²) in [7, 11) is 1.65. The van der Waals surface area contributed by atoms with Crippen molar-refractivity contribution in [2.24, 2.45) is 0 Å². The third kappa shape index (κ3) is 27.1. The van der Waals surface area contributed by atoms with Crippen LogP contribution >= 0.6 is 0 Å². The summed E-state index contributed by atoms with van der Waals surface area (Å²) in [5.74, 6) is 0. The van der Waals surface area contributed by atoms with Crippen LogP contribution in [0, 0.1) is 0 Å². The molecule has 0 saturated carbocycles. The standard InChI is InChI=1S/C26H53NO11/c1-28-6-7-29-8-9-30-10-11-31-12-13-32-14-15-33-16-17-34-18-19-35-20-21-36-22-23-37-24-25-38-26-2-4-27-5-3-26/h26-27H,2-25H2,1H3. The van der Waals surface area contributed by atoms with E-state index in [0.29, 0.717) is 138 Å². The molecule has 0 atom stereocenters. The van der Waals surface area contributed by atoms with E-state index in [2.05, 4.69) is 5.32 Å². The fourth-order valence-electron chi connectivity index (χ4n) is 3.24. The lowest BCUT2D eigenvalue weighted by Gasteiger charge is -2.22. The lowest BCUT2D eigenvalue weighted by Crippen LogP contribution is -2.33. The summed E-state index contributed by atoms with van der Waals surface area (Å²) in [5.41, 5.74) is 0. The molecular weight excluding hydrogens is 502 g/mol. The van der Waals surface area contributed by atoms with E-state index in [-0.39, 0.29) is 0 Å². The number of ether oxygens (including phenoxy) is 11. The highest BCUT2D eigenvalue weighted by molar-refractivity contribution is 4.67. The molecule has 1 N–H and O–H groups in total. The van der Waals surface area contributed by atoms with E-state index in [0.717, 1.165) is 25.9 Å². The number of methoxy groups -OCH3 is 1. The normalized spacial score (nSPS) is 14.4. The number of nitrogens with one attached hydrogen (secondary N) is 1. The summed E-state index contributed by atoms with van der Waals surface area (Å²) < 4.78 is 59.7. The summed E-state index contributed by atoms with van der Waals surface area (Å²) in [4.78, 5) is 0. The first kappa shape index (κ1) is 35.5. The zero-order valence-electron chi connectivity index (χ0n) is 23.5. The Kier molecular flexibility index (Phi) is 29.0. The molecule has 1 aliphatic heterocycles. The van der Waals surface area contributed by atoms with Crippen LogP contribution in [0.25, 0.3) is 0 Å². The second-order valence-corrected chi connectivity index (χ2v) is 8.32. The second kappa shape index (κ2) is 31.1. The topological polar surface area (TPSA) is 114 Å². The van der Waals surface area contributed by atoms with E-state index in [4.69, 9.17) is 52.1 Å². The van der Waals surface area contributed by atoms with Crippen LogP contribution in [-0.2, 0) is 52.1 Å². The van der Waals surface area contributed by atoms with E-state index in [9.17, 15) is 0 Å². The Morgan fingerprint density at radius 2 is 0.658 bits per heavy atom. The van der Waals surface area contributed by atoms with Crippen LogP contribution < -0.4 is 5.32 Å². The van der Waals surface area contributed by atoms with Gasteiger partial charge in [-0.2, -0.15) is 0 Å². The van der Waals surface area contributed by atoms with Crippen molar-refractivity contribution in [3.05, 3.63) is 0 Å². The van der Waals surface area contributed by atoms with Gasteiger partial charge in [-0.1, -0.05) is 0 Å². The first-order valence-electron chi connectivity index (χ1n) is 13.9. The fourth-order valence-corrected chi connectivity index (χ4v) is 3.24. The van der Waals surface area contributed by atoms with E-state index in [1.54, 1.807) is 7.11 Å². The summed E-state index contributed by atoms with van der Waals surface area (Å²) in [6.07, 6.45) is 2.54. The van der Waals surface area contributed by atoms with Crippen molar-refractivity contribution >= 4 is 0 Å². The third-order valence-electron chi connectivity index (χ3n) is 5.28. The lowest BCUT2D eigenvalue weighted by molar-refractivity contribution is -0.0323. The predicted molar refractivity (Wildman–Crippen MR) is 141 cm³/mol. The molecule has 1 rings (SSSR count). The fraction of sp³-hybridized carbons (Fsp3) is 1.00. The monoisotopic (exact) mass is 555 g/mol. The Balaban J connectivity index is 1.61. The zero-order valence-corrected chi connectivity index (χ0v) is 23.5. The van der Waals surface area contributed by atoms with Gasteiger partial charge < -0.3 is 57.4 Å². The molecule has 0 amide bonds. The van der Waals surface area contributed by atoms with Crippen molar-refractivity contribution in [3.63, 3.8) is 0 Å². The van der Waals surface area contributed by atoms with Crippen LogP contribution in [0.1, 0.15) is 12.8 Å². The Labute approximate surface area is 229 Å². The van der Waals surface area contributed by atoms with Crippen LogP contribution in [-0.4, -0.2) is 158 Å². The number of hydrogen-bond donors (Lipinski definition) is 1. The molecule has 12 heteroatoms. The van der Waals surface area contributed by atoms with Gasteiger partial charge in [0.1, 0.15) is 0 Å². The molecule has 38 heavy (non-hydrogen) atoms. The van der Waals surface area contributed by atoms with Crippen molar-refractivity contribution < 1.29 is 52.1 Å². The van der Waals surface area contributed by atoms with Gasteiger partial charge in [0.15, 0.2) is 0 Å². The summed E-state index contributed by atoms with van der Waals surface area (Å²) >= 11 is 0. The van der Waals surface area contributed by atoms with Gasteiger partial charge in [-0.15, -0.1) is 0 Å². The largest absolute Gasteiger partial charge is 0.382 e. The molecule has 0 bridgehead atoms. The Morgan fingerprint density at radius 3 is 0.947 bits per heavy atom. The highest BCUT2D eigenvalue weighted by atomic mass is 16.6. The van der Waals surface area contributed by atoms with Crippen LogP contribution in [0.3, 0.4) is 0 Å². The van der Waals surface area contributed by atoms with Crippen molar-refractivity contribution in [2.45, 2.75) is 18.9 Å². The van der Waals surface area contributed by atoms with Crippen molar-refractivity contribution in [1.82, 2.24) is 5.32 Å². The molecule has 0 unspecified atom stereocenters. The maximum Gasteiger partial charge on any atom is 0.0704 e. The van der Waals surface area contributed by atoms with Gasteiger partial charge in [-0.3, -0.25) is 0 Å². The molecule has 0 aromatic heterocycles. The minimum absolute atomic E-state index is 0.376. The van der Waals surface area contributed by atoms with Gasteiger partial charge in [0.2, 0.25) is 0 Å². The smallest absolute Gasteiger partial charge is 0.0704 e. The third-order valence-corrected chi connectivity index (χ3v) is 5.28. The minimum atomic E-state index is 0.376. The highest BCUT2D eigenvalue weighted by Gasteiger charge is 2.12. The van der Waals surface area contributed by atoms with Crippen LogP contribution in [0.5, 0.6) is 0 Å². The van der Waals surface area contributed by atoms with Crippen molar-refractivity contribution in [1.29, 1.82) is 0 Å². The number of hydrogen-bond acceptors (Lipinski definition) is 12. The van der Waals surface area contributed by atoms with Crippen LogP contribution in [0.2, 0.25) is 0 Å². The molecule has 0 spiro atoms. The molecule has 0 aliphatic carbocycles. The lowest BCUT2D eigenvalue weighted by atomic mass is 10.1. The molecule has 12 nitrogen and oxygen atoms in total. The first-order chi connectivity index (χ1) is 18.9. The van der Waals surface area contributed by atoms with Gasteiger partial charge in [-0.25, -0.2) is 0 Å². The molecule has 1 fully saturated rings. The van der Waals surface area contributed by atoms with Gasteiger partial charge >= 0.3 is 0 Å². The Hall–Kier alpha value is -0.480. The van der Waals surface area contributed by atoms with Crippen molar-refractivity contribution in [2.75, 3.05) is 152 Å². The van der Waals surface area contributed by atoms with Crippen molar-refractivity contribution in [3.8, 4) is 0 Å².